The fourth-order valence-electron chi connectivity index (χ4n) is 1.57. The van der Waals surface area contributed by atoms with Gasteiger partial charge in [0.25, 0.3) is 6.43 Å². The molecule has 106 valence electrons. The summed E-state index contributed by atoms with van der Waals surface area (Å²) in [7, 11) is 0. The van der Waals surface area contributed by atoms with Gasteiger partial charge in [0.2, 0.25) is 11.0 Å². The molecule has 1 amide bonds. The van der Waals surface area contributed by atoms with E-state index in [1.807, 2.05) is 18.2 Å². The van der Waals surface area contributed by atoms with Gasteiger partial charge in [0.15, 0.2) is 5.01 Å². The fraction of sp³-hybridized carbons (Fsp3) is 0.250. The number of para-hydroxylation sites is 1. The largest absolute Gasteiger partial charge is 0.399 e. The van der Waals surface area contributed by atoms with Crippen LogP contribution in [0.5, 0.6) is 0 Å². The number of anilines is 2. The summed E-state index contributed by atoms with van der Waals surface area (Å²) in [5.74, 6) is -0.315. The number of rotatable bonds is 5. The first-order chi connectivity index (χ1) is 9.56. The van der Waals surface area contributed by atoms with E-state index in [9.17, 15) is 13.6 Å². The monoisotopic (exact) mass is 298 g/mol. The van der Waals surface area contributed by atoms with Crippen molar-refractivity contribution in [1.29, 1.82) is 0 Å². The number of carbonyl (C=O) groups is 1. The molecule has 0 atom stereocenters. The molecule has 0 radical (unpaired) electrons. The van der Waals surface area contributed by atoms with Gasteiger partial charge < -0.3 is 11.1 Å². The van der Waals surface area contributed by atoms with E-state index in [2.05, 4.69) is 15.5 Å². The Balaban J connectivity index is 1.88. The Bertz CT molecular complexity index is 603. The van der Waals surface area contributed by atoms with Crippen LogP contribution in [-0.2, 0) is 11.2 Å². The lowest BCUT2D eigenvalue weighted by Gasteiger charge is -2.04. The fourth-order valence-corrected chi connectivity index (χ4v) is 2.18. The molecule has 3 N–H and O–H groups in total. The molecule has 0 aliphatic rings. The highest BCUT2D eigenvalue weighted by Gasteiger charge is 2.15. The van der Waals surface area contributed by atoms with Crippen LogP contribution in [0.15, 0.2) is 24.3 Å². The average Bonchev–Trinajstić information content (AvgIpc) is 2.86. The average molecular weight is 298 g/mol. The number of aromatic nitrogens is 2. The number of hydrogen-bond acceptors (Lipinski definition) is 5. The molecule has 2 rings (SSSR count). The Morgan fingerprint density at radius 2 is 2.10 bits per heavy atom. The molecule has 0 unspecified atom stereocenters. The third-order valence-electron chi connectivity index (χ3n) is 2.55. The molecule has 0 saturated heterocycles. The Morgan fingerprint density at radius 3 is 2.75 bits per heavy atom. The maximum absolute atomic E-state index is 12.3. The van der Waals surface area contributed by atoms with Gasteiger partial charge in [0.1, 0.15) is 0 Å². The van der Waals surface area contributed by atoms with Crippen molar-refractivity contribution in [1.82, 2.24) is 10.2 Å². The van der Waals surface area contributed by atoms with Crippen molar-refractivity contribution in [2.45, 2.75) is 19.3 Å². The minimum absolute atomic E-state index is 0.0753. The van der Waals surface area contributed by atoms with Crippen LogP contribution in [0.3, 0.4) is 0 Å². The highest BCUT2D eigenvalue weighted by Crippen LogP contribution is 2.25. The second-order valence-electron chi connectivity index (χ2n) is 3.99. The molecular formula is C12H12F2N4OS. The van der Waals surface area contributed by atoms with Crippen LogP contribution in [0.25, 0.3) is 0 Å². The maximum Gasteiger partial charge on any atom is 0.291 e. The molecule has 0 aliphatic carbocycles. The first kappa shape index (κ1) is 14.3. The molecule has 5 nitrogen and oxygen atoms in total. The summed E-state index contributed by atoms with van der Waals surface area (Å²) in [6.45, 7) is 0. The molecule has 0 fully saturated rings. The molecule has 1 aromatic carbocycles. The zero-order valence-electron chi connectivity index (χ0n) is 10.3. The Morgan fingerprint density at radius 1 is 1.35 bits per heavy atom. The molecule has 0 saturated carbocycles. The normalized spacial score (nSPS) is 10.8. The standard InChI is InChI=1S/C12H12F2N4OS/c13-10(14)11-17-18-12(20-11)16-9(19)6-5-7-3-1-2-4-8(7)15/h1-4,10H,5-6,15H2,(H,16,18,19). The number of benzene rings is 1. The molecule has 2 aromatic rings. The van der Waals surface area contributed by atoms with Crippen LogP contribution in [0.1, 0.15) is 23.4 Å². The molecule has 8 heteroatoms. The van der Waals surface area contributed by atoms with E-state index in [1.165, 1.54) is 0 Å². The van der Waals surface area contributed by atoms with Crippen molar-refractivity contribution in [2.24, 2.45) is 0 Å². The topological polar surface area (TPSA) is 80.9 Å². The summed E-state index contributed by atoms with van der Waals surface area (Å²) >= 11 is 0.665. The summed E-state index contributed by atoms with van der Waals surface area (Å²) in [4.78, 5) is 11.7. The van der Waals surface area contributed by atoms with Gasteiger partial charge in [0, 0.05) is 12.1 Å². The predicted molar refractivity (Wildman–Crippen MR) is 72.7 cm³/mol. The van der Waals surface area contributed by atoms with Gasteiger partial charge in [-0.2, -0.15) is 0 Å². The number of amides is 1. The molecule has 0 aliphatic heterocycles. The van der Waals surface area contributed by atoms with Gasteiger partial charge in [-0.15, -0.1) is 10.2 Å². The van der Waals surface area contributed by atoms with Crippen LogP contribution in [0.2, 0.25) is 0 Å². The van der Waals surface area contributed by atoms with E-state index >= 15 is 0 Å². The first-order valence-electron chi connectivity index (χ1n) is 5.81. The highest BCUT2D eigenvalue weighted by molar-refractivity contribution is 7.15. The van der Waals surface area contributed by atoms with Crippen molar-refractivity contribution in [3.63, 3.8) is 0 Å². The number of nitrogens with zero attached hydrogens (tertiary/aromatic N) is 2. The third kappa shape index (κ3) is 3.70. The van der Waals surface area contributed by atoms with Crippen molar-refractivity contribution in [3.05, 3.63) is 34.8 Å². The lowest BCUT2D eigenvalue weighted by molar-refractivity contribution is -0.116. The minimum atomic E-state index is -2.68. The zero-order chi connectivity index (χ0) is 14.5. The number of hydrogen-bond donors (Lipinski definition) is 2. The minimum Gasteiger partial charge on any atom is -0.399 e. The maximum atomic E-state index is 12.3. The summed E-state index contributed by atoms with van der Waals surface area (Å²) in [5.41, 5.74) is 7.25. The predicted octanol–water partition coefficient (Wildman–Crippen LogP) is 2.63. The van der Waals surface area contributed by atoms with Crippen molar-refractivity contribution >= 4 is 28.1 Å². The number of nitrogens with one attached hydrogen (secondary N) is 1. The van der Waals surface area contributed by atoms with E-state index in [1.54, 1.807) is 6.07 Å². The van der Waals surface area contributed by atoms with Crippen molar-refractivity contribution < 1.29 is 13.6 Å². The molecular weight excluding hydrogens is 286 g/mol. The van der Waals surface area contributed by atoms with Crippen LogP contribution >= 0.6 is 11.3 Å². The van der Waals surface area contributed by atoms with Gasteiger partial charge in [-0.1, -0.05) is 29.5 Å². The van der Waals surface area contributed by atoms with E-state index < -0.39 is 11.4 Å². The summed E-state index contributed by atoms with van der Waals surface area (Å²) in [6.07, 6.45) is -2.01. The lowest BCUT2D eigenvalue weighted by atomic mass is 10.1. The van der Waals surface area contributed by atoms with Gasteiger partial charge >= 0.3 is 0 Å². The number of aryl methyl sites for hydroxylation is 1. The van der Waals surface area contributed by atoms with Crippen molar-refractivity contribution in [2.75, 3.05) is 11.1 Å². The molecule has 1 aromatic heterocycles. The Kier molecular flexibility index (Phi) is 4.57. The number of alkyl halides is 2. The number of nitrogen functional groups attached to an aromatic ring is 1. The van der Waals surface area contributed by atoms with Crippen LogP contribution in [-0.4, -0.2) is 16.1 Å². The number of carbonyl (C=O) groups excluding carboxylic acids is 1. The van der Waals surface area contributed by atoms with E-state index in [0.717, 1.165) is 5.56 Å². The third-order valence-corrected chi connectivity index (χ3v) is 3.40. The SMILES string of the molecule is Nc1ccccc1CCC(=O)Nc1nnc(C(F)F)s1. The van der Waals surface area contributed by atoms with Crippen molar-refractivity contribution in [3.8, 4) is 0 Å². The number of nitrogens with two attached hydrogens (primary N) is 1. The lowest BCUT2D eigenvalue weighted by Crippen LogP contribution is -2.12. The molecule has 0 bridgehead atoms. The van der Waals surface area contributed by atoms with E-state index in [-0.39, 0.29) is 17.5 Å². The van der Waals surface area contributed by atoms with Crippen LogP contribution in [0, 0.1) is 0 Å². The Labute approximate surface area is 117 Å². The van der Waals surface area contributed by atoms with Gasteiger partial charge in [0.05, 0.1) is 0 Å². The second kappa shape index (κ2) is 6.38. The number of halogens is 2. The smallest absolute Gasteiger partial charge is 0.291 e. The quantitative estimate of drug-likeness (QED) is 0.831. The second-order valence-corrected chi connectivity index (χ2v) is 5.00. The molecule has 1 heterocycles. The molecule has 0 spiro atoms. The highest BCUT2D eigenvalue weighted by atomic mass is 32.1. The van der Waals surface area contributed by atoms with Gasteiger partial charge in [-0.25, -0.2) is 8.78 Å². The molecule has 20 heavy (non-hydrogen) atoms. The summed E-state index contributed by atoms with van der Waals surface area (Å²) in [5, 5.41) is 8.87. The Hall–Kier alpha value is -2.09. The summed E-state index contributed by atoms with van der Waals surface area (Å²) in [6, 6.07) is 7.24. The van der Waals surface area contributed by atoms with Gasteiger partial charge in [-0.3, -0.25) is 4.79 Å². The van der Waals surface area contributed by atoms with Crippen LogP contribution < -0.4 is 11.1 Å². The van der Waals surface area contributed by atoms with E-state index in [0.29, 0.717) is 23.4 Å². The van der Waals surface area contributed by atoms with E-state index in [4.69, 9.17) is 5.73 Å². The van der Waals surface area contributed by atoms with Gasteiger partial charge in [-0.05, 0) is 18.1 Å². The zero-order valence-corrected chi connectivity index (χ0v) is 11.2. The summed E-state index contributed by atoms with van der Waals surface area (Å²) < 4.78 is 24.6. The van der Waals surface area contributed by atoms with Crippen LogP contribution in [0.4, 0.5) is 19.6 Å². The first-order valence-corrected chi connectivity index (χ1v) is 6.62.